The third kappa shape index (κ3) is 8.67. The van der Waals surface area contributed by atoms with Crippen LogP contribution in [-0.2, 0) is 11.3 Å². The minimum atomic E-state index is -0.142. The van der Waals surface area contributed by atoms with E-state index in [9.17, 15) is 4.79 Å². The Morgan fingerprint density at radius 3 is 2.68 bits per heavy atom. The van der Waals surface area contributed by atoms with Gasteiger partial charge in [0.2, 0.25) is 0 Å². The van der Waals surface area contributed by atoms with Crippen molar-refractivity contribution in [3.05, 3.63) is 29.8 Å². The molecule has 0 aromatic heterocycles. The van der Waals surface area contributed by atoms with Crippen LogP contribution < -0.4 is 10.6 Å². The maximum atomic E-state index is 11.8. The van der Waals surface area contributed by atoms with E-state index in [0.717, 1.165) is 30.1 Å². The Hall–Kier alpha value is -1.55. The first kappa shape index (κ1) is 18.5. The number of benzene rings is 1. The van der Waals surface area contributed by atoms with E-state index in [1.807, 2.05) is 24.3 Å². The van der Waals surface area contributed by atoms with E-state index in [2.05, 4.69) is 24.5 Å². The molecule has 124 valence electrons. The van der Waals surface area contributed by atoms with Crippen molar-refractivity contribution in [1.82, 2.24) is 5.32 Å². The fourth-order valence-electron chi connectivity index (χ4n) is 2.31. The predicted molar refractivity (Wildman–Crippen MR) is 92.1 cm³/mol. The summed E-state index contributed by atoms with van der Waals surface area (Å²) in [6.07, 6.45) is 6.05. The van der Waals surface area contributed by atoms with Crippen LogP contribution in [0.25, 0.3) is 0 Å². The zero-order valence-electron chi connectivity index (χ0n) is 14.2. The summed E-state index contributed by atoms with van der Waals surface area (Å²) in [7, 11) is 1.66. The molecule has 0 atom stereocenters. The summed E-state index contributed by atoms with van der Waals surface area (Å²) in [4.78, 5) is 11.8. The number of unbranched alkanes of at least 4 members (excludes halogenated alkanes) is 3. The number of anilines is 1. The SMILES string of the molecule is COCc1cccc(NC(=O)NCCCCCCC(C)C)c1. The molecule has 22 heavy (non-hydrogen) atoms. The second kappa shape index (κ2) is 11.1. The molecule has 2 N–H and O–H groups in total. The maximum absolute atomic E-state index is 11.8. The van der Waals surface area contributed by atoms with Gasteiger partial charge in [0.05, 0.1) is 6.61 Å². The molecule has 1 rings (SSSR count). The molecule has 4 nitrogen and oxygen atoms in total. The first-order valence-corrected chi connectivity index (χ1v) is 8.24. The Kier molecular flexibility index (Phi) is 9.31. The van der Waals surface area contributed by atoms with Crippen molar-refractivity contribution >= 4 is 11.7 Å². The number of amides is 2. The molecule has 0 heterocycles. The molecule has 4 heteroatoms. The number of carbonyl (C=O) groups is 1. The molecule has 0 aliphatic heterocycles. The Morgan fingerprint density at radius 1 is 1.18 bits per heavy atom. The first-order chi connectivity index (χ1) is 10.6. The highest BCUT2D eigenvalue weighted by atomic mass is 16.5. The molecule has 0 fully saturated rings. The molecule has 0 radical (unpaired) electrons. The number of nitrogens with one attached hydrogen (secondary N) is 2. The van der Waals surface area contributed by atoms with Gasteiger partial charge in [-0.1, -0.05) is 51.7 Å². The van der Waals surface area contributed by atoms with Crippen molar-refractivity contribution in [1.29, 1.82) is 0 Å². The lowest BCUT2D eigenvalue weighted by Gasteiger charge is -2.09. The number of carbonyl (C=O) groups excluding carboxylic acids is 1. The molecule has 0 saturated carbocycles. The second-order valence-electron chi connectivity index (χ2n) is 6.11. The zero-order chi connectivity index (χ0) is 16.2. The van der Waals surface area contributed by atoms with Crippen molar-refractivity contribution in [2.45, 2.75) is 52.6 Å². The van der Waals surface area contributed by atoms with Crippen molar-refractivity contribution in [2.75, 3.05) is 19.0 Å². The molecule has 0 aliphatic carbocycles. The smallest absolute Gasteiger partial charge is 0.319 e. The number of urea groups is 1. The molecular weight excluding hydrogens is 276 g/mol. The van der Waals surface area contributed by atoms with Crippen LogP contribution in [0.3, 0.4) is 0 Å². The van der Waals surface area contributed by atoms with Gasteiger partial charge in [0.15, 0.2) is 0 Å². The summed E-state index contributed by atoms with van der Waals surface area (Å²) in [5, 5.41) is 5.75. The summed E-state index contributed by atoms with van der Waals surface area (Å²) < 4.78 is 5.09. The number of hydrogen-bond donors (Lipinski definition) is 2. The van der Waals surface area contributed by atoms with Crippen LogP contribution in [0.2, 0.25) is 0 Å². The van der Waals surface area contributed by atoms with Crippen LogP contribution in [0.4, 0.5) is 10.5 Å². The van der Waals surface area contributed by atoms with Gasteiger partial charge < -0.3 is 15.4 Å². The van der Waals surface area contributed by atoms with Crippen LogP contribution in [0.1, 0.15) is 51.5 Å². The third-order valence-electron chi connectivity index (χ3n) is 3.49. The van der Waals surface area contributed by atoms with E-state index >= 15 is 0 Å². The summed E-state index contributed by atoms with van der Waals surface area (Å²) in [6.45, 7) is 5.79. The van der Waals surface area contributed by atoms with E-state index < -0.39 is 0 Å². The van der Waals surface area contributed by atoms with Crippen LogP contribution in [0.15, 0.2) is 24.3 Å². The van der Waals surface area contributed by atoms with Crippen molar-refractivity contribution in [2.24, 2.45) is 5.92 Å². The van der Waals surface area contributed by atoms with Crippen molar-refractivity contribution in [3.63, 3.8) is 0 Å². The summed E-state index contributed by atoms with van der Waals surface area (Å²) >= 11 is 0. The molecule has 2 amide bonds. The maximum Gasteiger partial charge on any atom is 0.319 e. The summed E-state index contributed by atoms with van der Waals surface area (Å²) in [5.74, 6) is 0.790. The average molecular weight is 306 g/mol. The average Bonchev–Trinajstić information content (AvgIpc) is 2.46. The van der Waals surface area contributed by atoms with Gasteiger partial charge in [-0.2, -0.15) is 0 Å². The molecule has 0 spiro atoms. The molecule has 1 aromatic rings. The highest BCUT2D eigenvalue weighted by molar-refractivity contribution is 5.89. The molecular formula is C18H30N2O2. The van der Waals surface area contributed by atoms with E-state index in [1.165, 1.54) is 25.7 Å². The van der Waals surface area contributed by atoms with E-state index in [0.29, 0.717) is 6.61 Å². The van der Waals surface area contributed by atoms with Gasteiger partial charge in [0.25, 0.3) is 0 Å². The molecule has 1 aromatic carbocycles. The summed E-state index contributed by atoms with van der Waals surface area (Å²) in [5.41, 5.74) is 1.84. The Morgan fingerprint density at radius 2 is 1.95 bits per heavy atom. The van der Waals surface area contributed by atoms with Crippen LogP contribution in [0, 0.1) is 5.92 Å². The monoisotopic (exact) mass is 306 g/mol. The fourth-order valence-corrected chi connectivity index (χ4v) is 2.31. The standard InChI is InChI=1S/C18H30N2O2/c1-15(2)9-6-4-5-7-12-19-18(21)20-17-11-8-10-16(13-17)14-22-3/h8,10-11,13,15H,4-7,9,12,14H2,1-3H3,(H2,19,20,21). The third-order valence-corrected chi connectivity index (χ3v) is 3.49. The highest BCUT2D eigenvalue weighted by Crippen LogP contribution is 2.11. The molecule has 0 bridgehead atoms. The molecule has 0 saturated heterocycles. The van der Waals surface area contributed by atoms with Gasteiger partial charge in [-0.25, -0.2) is 4.79 Å². The second-order valence-corrected chi connectivity index (χ2v) is 6.11. The number of hydrogen-bond acceptors (Lipinski definition) is 2. The Bertz CT molecular complexity index is 433. The number of ether oxygens (including phenoxy) is 1. The lowest BCUT2D eigenvalue weighted by molar-refractivity contribution is 0.185. The van der Waals surface area contributed by atoms with E-state index in [4.69, 9.17) is 4.74 Å². The minimum absolute atomic E-state index is 0.142. The van der Waals surface area contributed by atoms with Gasteiger partial charge >= 0.3 is 6.03 Å². The van der Waals surface area contributed by atoms with Gasteiger partial charge in [-0.3, -0.25) is 0 Å². The zero-order valence-corrected chi connectivity index (χ0v) is 14.2. The topological polar surface area (TPSA) is 50.4 Å². The summed E-state index contributed by atoms with van der Waals surface area (Å²) in [6, 6.07) is 7.55. The minimum Gasteiger partial charge on any atom is -0.380 e. The lowest BCUT2D eigenvalue weighted by Crippen LogP contribution is -2.29. The molecule has 0 aliphatic rings. The van der Waals surface area contributed by atoms with Crippen molar-refractivity contribution in [3.8, 4) is 0 Å². The number of methoxy groups -OCH3 is 1. The quantitative estimate of drug-likeness (QED) is 0.622. The van der Waals surface area contributed by atoms with Gasteiger partial charge in [-0.15, -0.1) is 0 Å². The Balaban J connectivity index is 2.14. The predicted octanol–water partition coefficient (Wildman–Crippen LogP) is 4.56. The highest BCUT2D eigenvalue weighted by Gasteiger charge is 2.02. The van der Waals surface area contributed by atoms with Crippen molar-refractivity contribution < 1.29 is 9.53 Å². The normalized spacial score (nSPS) is 10.7. The first-order valence-electron chi connectivity index (χ1n) is 8.24. The van der Waals surface area contributed by atoms with Gasteiger partial charge in [0, 0.05) is 19.3 Å². The van der Waals surface area contributed by atoms with Crippen LogP contribution in [-0.4, -0.2) is 19.7 Å². The lowest BCUT2D eigenvalue weighted by atomic mass is 10.0. The van der Waals surface area contributed by atoms with E-state index in [-0.39, 0.29) is 6.03 Å². The fraction of sp³-hybridized carbons (Fsp3) is 0.611. The van der Waals surface area contributed by atoms with E-state index in [1.54, 1.807) is 7.11 Å². The van der Waals surface area contributed by atoms with Gasteiger partial charge in [-0.05, 0) is 30.0 Å². The Labute approximate surface area is 134 Å². The number of rotatable bonds is 10. The van der Waals surface area contributed by atoms with Gasteiger partial charge in [0.1, 0.15) is 0 Å². The van der Waals surface area contributed by atoms with Crippen LogP contribution in [0.5, 0.6) is 0 Å². The molecule has 0 unspecified atom stereocenters. The largest absolute Gasteiger partial charge is 0.380 e. The van der Waals surface area contributed by atoms with Crippen LogP contribution >= 0.6 is 0 Å².